The first-order valence-electron chi connectivity index (χ1n) is 6.12. The Morgan fingerprint density at radius 1 is 0.778 bits per heavy atom. The molecular weight excluding hydrogens is 220 g/mol. The van der Waals surface area contributed by atoms with E-state index in [-0.39, 0.29) is 6.61 Å². The monoisotopic (exact) mass is 236 g/mol. The van der Waals surface area contributed by atoms with E-state index in [2.05, 4.69) is 30.9 Å². The highest BCUT2D eigenvalue weighted by Crippen LogP contribution is 2.05. The van der Waals surface area contributed by atoms with Crippen molar-refractivity contribution in [3.05, 3.63) is 70.8 Å². The van der Waals surface area contributed by atoms with E-state index in [1.54, 1.807) is 0 Å². The molecule has 0 aliphatic heterocycles. The van der Waals surface area contributed by atoms with Crippen LogP contribution < -0.4 is 0 Å². The number of hydrogen-bond donors (Lipinski definition) is 1. The summed E-state index contributed by atoms with van der Waals surface area (Å²) in [6, 6.07) is 16.0. The third kappa shape index (κ3) is 3.23. The first kappa shape index (κ1) is 12.4. The number of hydrogen-bond acceptors (Lipinski definition) is 1. The number of aryl methyl sites for hydroxylation is 1. The molecule has 0 aliphatic rings. The zero-order valence-corrected chi connectivity index (χ0v) is 10.5. The molecule has 1 N–H and O–H groups in total. The molecule has 2 rings (SSSR count). The molecule has 0 heterocycles. The quantitative estimate of drug-likeness (QED) is 0.794. The predicted molar refractivity (Wildman–Crippen MR) is 74.2 cm³/mol. The Bertz CT molecular complexity index is 502. The van der Waals surface area contributed by atoms with Crippen molar-refractivity contribution in [2.24, 2.45) is 0 Å². The Morgan fingerprint density at radius 3 is 1.61 bits per heavy atom. The van der Waals surface area contributed by atoms with Crippen LogP contribution in [0.5, 0.6) is 0 Å². The normalized spacial score (nSPS) is 9.67. The topological polar surface area (TPSA) is 20.2 Å². The van der Waals surface area contributed by atoms with Crippen LogP contribution in [-0.2, 0) is 13.0 Å². The summed E-state index contributed by atoms with van der Waals surface area (Å²) in [5.74, 6) is 6.26. The van der Waals surface area contributed by atoms with Crippen molar-refractivity contribution < 1.29 is 5.11 Å². The van der Waals surface area contributed by atoms with Crippen LogP contribution in [0.15, 0.2) is 48.5 Å². The SMILES string of the molecule is CCc1ccc(C#Cc2ccc(CO)cc2)cc1. The smallest absolute Gasteiger partial charge is 0.0681 e. The van der Waals surface area contributed by atoms with Crippen LogP contribution in [0.3, 0.4) is 0 Å². The van der Waals surface area contributed by atoms with E-state index >= 15 is 0 Å². The highest BCUT2D eigenvalue weighted by atomic mass is 16.3. The molecule has 0 aliphatic carbocycles. The lowest BCUT2D eigenvalue weighted by Crippen LogP contribution is -1.83. The van der Waals surface area contributed by atoms with E-state index in [0.29, 0.717) is 0 Å². The van der Waals surface area contributed by atoms with Crippen LogP contribution in [0.2, 0.25) is 0 Å². The van der Waals surface area contributed by atoms with Crippen molar-refractivity contribution in [3.8, 4) is 11.8 Å². The third-order valence-electron chi connectivity index (χ3n) is 2.85. The average Bonchev–Trinajstić information content (AvgIpc) is 2.46. The predicted octanol–water partition coefficient (Wildman–Crippen LogP) is 3.14. The molecule has 1 nitrogen and oxygen atoms in total. The lowest BCUT2D eigenvalue weighted by atomic mass is 10.1. The van der Waals surface area contributed by atoms with E-state index < -0.39 is 0 Å². The van der Waals surface area contributed by atoms with Gasteiger partial charge in [-0.1, -0.05) is 43.0 Å². The van der Waals surface area contributed by atoms with Gasteiger partial charge in [0.05, 0.1) is 6.61 Å². The summed E-state index contributed by atoms with van der Waals surface area (Å²) in [7, 11) is 0. The fourth-order valence-corrected chi connectivity index (χ4v) is 1.66. The molecule has 0 saturated heterocycles. The summed E-state index contributed by atoms with van der Waals surface area (Å²) >= 11 is 0. The maximum Gasteiger partial charge on any atom is 0.0681 e. The van der Waals surface area contributed by atoms with Gasteiger partial charge in [0.25, 0.3) is 0 Å². The fourth-order valence-electron chi connectivity index (χ4n) is 1.66. The largest absolute Gasteiger partial charge is 0.392 e. The van der Waals surface area contributed by atoms with Gasteiger partial charge in [-0.3, -0.25) is 0 Å². The Balaban J connectivity index is 2.14. The van der Waals surface area contributed by atoms with Gasteiger partial charge in [0, 0.05) is 11.1 Å². The molecule has 0 amide bonds. The Morgan fingerprint density at radius 2 is 1.22 bits per heavy atom. The summed E-state index contributed by atoms with van der Waals surface area (Å²) in [6.45, 7) is 2.22. The van der Waals surface area contributed by atoms with Crippen LogP contribution in [0, 0.1) is 11.8 Å². The summed E-state index contributed by atoms with van der Waals surface area (Å²) in [5.41, 5.74) is 4.23. The molecule has 2 aromatic carbocycles. The summed E-state index contributed by atoms with van der Waals surface area (Å²) in [4.78, 5) is 0. The van der Waals surface area contributed by atoms with Crippen molar-refractivity contribution in [1.29, 1.82) is 0 Å². The average molecular weight is 236 g/mol. The Hall–Kier alpha value is -2.04. The van der Waals surface area contributed by atoms with Crippen molar-refractivity contribution in [3.63, 3.8) is 0 Å². The van der Waals surface area contributed by atoms with E-state index in [9.17, 15) is 0 Å². The molecule has 0 spiro atoms. The fraction of sp³-hybridized carbons (Fsp3) is 0.176. The first-order valence-corrected chi connectivity index (χ1v) is 6.12. The maximum atomic E-state index is 8.95. The van der Waals surface area contributed by atoms with Crippen LogP contribution >= 0.6 is 0 Å². The molecule has 0 aromatic heterocycles. The molecule has 0 saturated carbocycles. The number of aliphatic hydroxyl groups excluding tert-OH is 1. The number of benzene rings is 2. The second kappa shape index (κ2) is 6.05. The molecular formula is C17H16O. The maximum absolute atomic E-state index is 8.95. The van der Waals surface area contributed by atoms with Crippen LogP contribution in [0.1, 0.15) is 29.2 Å². The molecule has 0 bridgehead atoms. The van der Waals surface area contributed by atoms with Gasteiger partial charge in [-0.25, -0.2) is 0 Å². The minimum absolute atomic E-state index is 0.0756. The van der Waals surface area contributed by atoms with Gasteiger partial charge in [-0.2, -0.15) is 0 Å². The summed E-state index contributed by atoms with van der Waals surface area (Å²) in [6.07, 6.45) is 1.05. The first-order chi connectivity index (χ1) is 8.81. The van der Waals surface area contributed by atoms with Gasteiger partial charge in [-0.05, 0) is 41.8 Å². The second-order valence-corrected chi connectivity index (χ2v) is 4.16. The van der Waals surface area contributed by atoms with Crippen LogP contribution in [0.4, 0.5) is 0 Å². The highest BCUT2D eigenvalue weighted by Gasteiger charge is 1.91. The van der Waals surface area contributed by atoms with Gasteiger partial charge >= 0.3 is 0 Å². The lowest BCUT2D eigenvalue weighted by molar-refractivity contribution is 0.282. The summed E-state index contributed by atoms with van der Waals surface area (Å²) in [5, 5.41) is 8.95. The van der Waals surface area contributed by atoms with E-state index in [4.69, 9.17) is 5.11 Å². The molecule has 2 aromatic rings. The third-order valence-corrected chi connectivity index (χ3v) is 2.85. The van der Waals surface area contributed by atoms with E-state index in [0.717, 1.165) is 23.1 Å². The van der Waals surface area contributed by atoms with Crippen molar-refractivity contribution in [2.45, 2.75) is 20.0 Å². The van der Waals surface area contributed by atoms with E-state index in [1.807, 2.05) is 36.4 Å². The molecule has 90 valence electrons. The molecule has 0 fully saturated rings. The van der Waals surface area contributed by atoms with Crippen molar-refractivity contribution in [2.75, 3.05) is 0 Å². The zero-order valence-electron chi connectivity index (χ0n) is 10.5. The Kier molecular flexibility index (Phi) is 4.17. The molecule has 1 heteroatoms. The van der Waals surface area contributed by atoms with Gasteiger partial charge in [0.1, 0.15) is 0 Å². The minimum atomic E-state index is 0.0756. The molecule has 18 heavy (non-hydrogen) atoms. The molecule has 0 radical (unpaired) electrons. The van der Waals surface area contributed by atoms with Crippen LogP contribution in [-0.4, -0.2) is 5.11 Å². The standard InChI is InChI=1S/C17H16O/c1-2-14-3-5-15(6-4-14)7-8-16-9-11-17(13-18)12-10-16/h3-6,9-12,18H,2,13H2,1H3. The molecule has 0 atom stereocenters. The zero-order chi connectivity index (χ0) is 12.8. The highest BCUT2D eigenvalue weighted by molar-refractivity contribution is 5.43. The van der Waals surface area contributed by atoms with Crippen LogP contribution in [0.25, 0.3) is 0 Å². The van der Waals surface area contributed by atoms with Gasteiger partial charge in [0.15, 0.2) is 0 Å². The summed E-state index contributed by atoms with van der Waals surface area (Å²) < 4.78 is 0. The Labute approximate surface area is 108 Å². The van der Waals surface area contributed by atoms with Gasteiger partial charge in [0.2, 0.25) is 0 Å². The second-order valence-electron chi connectivity index (χ2n) is 4.16. The minimum Gasteiger partial charge on any atom is -0.392 e. The molecule has 0 unspecified atom stereocenters. The number of aliphatic hydroxyl groups is 1. The number of rotatable bonds is 2. The van der Waals surface area contributed by atoms with Crippen molar-refractivity contribution in [1.82, 2.24) is 0 Å². The van der Waals surface area contributed by atoms with E-state index in [1.165, 1.54) is 5.56 Å². The van der Waals surface area contributed by atoms with Gasteiger partial charge < -0.3 is 5.11 Å². The van der Waals surface area contributed by atoms with Gasteiger partial charge in [-0.15, -0.1) is 0 Å². The van der Waals surface area contributed by atoms with Crippen molar-refractivity contribution >= 4 is 0 Å². The lowest BCUT2D eigenvalue weighted by Gasteiger charge is -1.96.